The van der Waals surface area contributed by atoms with Crippen LogP contribution < -0.4 is 11.3 Å². The van der Waals surface area contributed by atoms with Gasteiger partial charge >= 0.3 is 0 Å². The predicted molar refractivity (Wildman–Crippen MR) is 82.2 cm³/mol. The van der Waals surface area contributed by atoms with Crippen molar-refractivity contribution in [1.82, 2.24) is 9.97 Å². The summed E-state index contributed by atoms with van der Waals surface area (Å²) in [6.07, 6.45) is 1.90. The largest absolute Gasteiger partial charge is 0.308 e. The number of benzene rings is 1. The molecule has 100 valence electrons. The quantitative estimate of drug-likeness (QED) is 0.290. The molecule has 19 heavy (non-hydrogen) atoms. The molecule has 0 saturated heterocycles. The van der Waals surface area contributed by atoms with Crippen molar-refractivity contribution in [1.29, 1.82) is 0 Å². The molecule has 0 aliphatic rings. The maximum atomic E-state index is 5.97. The lowest BCUT2D eigenvalue weighted by Gasteiger charge is -2.06. The molecule has 0 unspecified atom stereocenters. The Morgan fingerprint density at radius 3 is 2.37 bits per heavy atom. The zero-order chi connectivity index (χ0) is 13.8. The van der Waals surface area contributed by atoms with Crippen molar-refractivity contribution in [3.05, 3.63) is 34.3 Å². The number of rotatable bonds is 4. The number of anilines is 1. The van der Waals surface area contributed by atoms with Crippen molar-refractivity contribution < 1.29 is 0 Å². The van der Waals surface area contributed by atoms with Crippen LogP contribution in [0.4, 0.5) is 5.82 Å². The predicted octanol–water partition coefficient (Wildman–Crippen LogP) is 3.94. The van der Waals surface area contributed by atoms with Crippen LogP contribution in [0.3, 0.4) is 0 Å². The summed E-state index contributed by atoms with van der Waals surface area (Å²) < 4.78 is 0. The van der Waals surface area contributed by atoms with E-state index in [9.17, 15) is 0 Å². The lowest BCUT2D eigenvalue weighted by Crippen LogP contribution is -2.09. The molecule has 2 rings (SSSR count). The minimum Gasteiger partial charge on any atom is -0.308 e. The smallest absolute Gasteiger partial charge is 0.190 e. The van der Waals surface area contributed by atoms with Crippen LogP contribution in [0.5, 0.6) is 0 Å². The lowest BCUT2D eigenvalue weighted by atomic mass is 10.4. The van der Waals surface area contributed by atoms with Gasteiger partial charge in [0.15, 0.2) is 5.16 Å². The number of hydrogen-bond acceptors (Lipinski definition) is 6. The van der Waals surface area contributed by atoms with Crippen LogP contribution >= 0.6 is 46.7 Å². The molecule has 0 radical (unpaired) electrons. The second-order valence-electron chi connectivity index (χ2n) is 3.43. The van der Waals surface area contributed by atoms with E-state index in [1.54, 1.807) is 12.1 Å². The minimum absolute atomic E-state index is 0.565. The van der Waals surface area contributed by atoms with Crippen LogP contribution in [0.2, 0.25) is 10.0 Å². The molecule has 2 aromatic rings. The highest BCUT2D eigenvalue weighted by Crippen LogP contribution is 2.32. The fourth-order valence-corrected chi connectivity index (χ4v) is 3.34. The molecular formula is C11H10Cl2N4S2. The van der Waals surface area contributed by atoms with Crippen molar-refractivity contribution >= 4 is 52.5 Å². The molecule has 1 aromatic heterocycles. The number of nitrogens with two attached hydrogens (primary N) is 1. The molecule has 0 aliphatic carbocycles. The topological polar surface area (TPSA) is 63.8 Å². The van der Waals surface area contributed by atoms with Crippen LogP contribution in [0, 0.1) is 0 Å². The number of aromatic nitrogens is 2. The number of thioether (sulfide) groups is 1. The normalized spacial score (nSPS) is 10.5. The first-order chi connectivity index (χ1) is 9.10. The van der Waals surface area contributed by atoms with E-state index < -0.39 is 0 Å². The summed E-state index contributed by atoms with van der Waals surface area (Å²) in [4.78, 5) is 9.49. The average molecular weight is 333 g/mol. The fraction of sp³-hybridized carbons (Fsp3) is 0.0909. The molecule has 8 heteroatoms. The Balaban J connectivity index is 2.31. The second kappa shape index (κ2) is 6.67. The zero-order valence-electron chi connectivity index (χ0n) is 9.85. The van der Waals surface area contributed by atoms with Gasteiger partial charge in [-0.25, -0.2) is 15.8 Å². The molecule has 0 spiro atoms. The van der Waals surface area contributed by atoms with Gasteiger partial charge < -0.3 is 5.43 Å². The molecule has 3 N–H and O–H groups in total. The molecule has 0 amide bonds. The number of hydrazine groups is 1. The van der Waals surface area contributed by atoms with Crippen molar-refractivity contribution in [3.8, 4) is 0 Å². The first kappa shape index (κ1) is 14.7. The molecule has 0 atom stereocenters. The second-order valence-corrected chi connectivity index (χ2v) is 6.17. The van der Waals surface area contributed by atoms with Gasteiger partial charge in [-0.05, 0) is 24.5 Å². The first-order valence-electron chi connectivity index (χ1n) is 5.14. The average Bonchev–Trinajstić information content (AvgIpc) is 2.37. The van der Waals surface area contributed by atoms with Crippen LogP contribution in [0.25, 0.3) is 0 Å². The lowest BCUT2D eigenvalue weighted by molar-refractivity contribution is 0.893. The summed E-state index contributed by atoms with van der Waals surface area (Å²) in [5.74, 6) is 5.95. The van der Waals surface area contributed by atoms with E-state index in [0.717, 1.165) is 9.92 Å². The summed E-state index contributed by atoms with van der Waals surface area (Å²) in [6.45, 7) is 0. The summed E-state index contributed by atoms with van der Waals surface area (Å²) in [5, 5.41) is 2.59. The van der Waals surface area contributed by atoms with Crippen molar-refractivity contribution in [3.63, 3.8) is 0 Å². The Kier molecular flexibility index (Phi) is 5.18. The Bertz CT molecular complexity index is 552. The fourth-order valence-electron chi connectivity index (χ4n) is 1.33. The Labute approximate surface area is 129 Å². The standard InChI is InChI=1S/C11H10Cl2N4S2/c1-18-11-15-9(17-14)5-10(16-11)19-8-3-6(12)2-7(13)4-8/h2-5H,14H2,1H3,(H,15,16,17). The molecule has 0 saturated carbocycles. The number of nitrogens with one attached hydrogen (secondary N) is 1. The Morgan fingerprint density at radius 2 is 1.79 bits per heavy atom. The number of halogens is 2. The Morgan fingerprint density at radius 1 is 1.11 bits per heavy atom. The highest BCUT2D eigenvalue weighted by molar-refractivity contribution is 7.99. The molecule has 1 aromatic carbocycles. The number of nitrogens with zero attached hydrogens (tertiary/aromatic N) is 2. The van der Waals surface area contributed by atoms with Gasteiger partial charge in [0.05, 0.1) is 0 Å². The van der Waals surface area contributed by atoms with Crippen molar-refractivity contribution in [2.45, 2.75) is 15.1 Å². The summed E-state index contributed by atoms with van der Waals surface area (Å²) in [7, 11) is 0. The molecule has 0 aliphatic heterocycles. The summed E-state index contributed by atoms with van der Waals surface area (Å²) in [5.41, 5.74) is 2.52. The van der Waals surface area contributed by atoms with Gasteiger partial charge in [-0.2, -0.15) is 0 Å². The molecule has 0 fully saturated rings. The van der Waals surface area contributed by atoms with Gasteiger partial charge in [0.25, 0.3) is 0 Å². The molecular weight excluding hydrogens is 323 g/mol. The van der Waals surface area contributed by atoms with E-state index in [4.69, 9.17) is 29.0 Å². The van der Waals surface area contributed by atoms with E-state index >= 15 is 0 Å². The van der Waals surface area contributed by atoms with Gasteiger partial charge in [0.2, 0.25) is 0 Å². The van der Waals surface area contributed by atoms with Crippen LogP contribution in [0.1, 0.15) is 0 Å². The third-order valence-corrected chi connectivity index (χ3v) is 3.94. The third-order valence-electron chi connectivity index (χ3n) is 2.07. The minimum atomic E-state index is 0.565. The third kappa shape index (κ3) is 4.15. The highest BCUT2D eigenvalue weighted by atomic mass is 35.5. The number of hydrogen-bond donors (Lipinski definition) is 2. The summed E-state index contributed by atoms with van der Waals surface area (Å²) >= 11 is 14.8. The Hall–Kier alpha value is -0.660. The van der Waals surface area contributed by atoms with E-state index in [1.165, 1.54) is 23.5 Å². The number of nitrogen functional groups attached to an aromatic ring is 1. The molecule has 0 bridgehead atoms. The van der Waals surface area contributed by atoms with E-state index in [1.807, 2.05) is 18.4 Å². The van der Waals surface area contributed by atoms with Crippen molar-refractivity contribution in [2.24, 2.45) is 5.84 Å². The van der Waals surface area contributed by atoms with E-state index in [0.29, 0.717) is 21.0 Å². The van der Waals surface area contributed by atoms with E-state index in [2.05, 4.69) is 15.4 Å². The first-order valence-corrected chi connectivity index (χ1v) is 7.94. The van der Waals surface area contributed by atoms with Gasteiger partial charge in [-0.3, -0.25) is 0 Å². The zero-order valence-corrected chi connectivity index (χ0v) is 13.0. The van der Waals surface area contributed by atoms with Gasteiger partial charge in [0, 0.05) is 21.0 Å². The van der Waals surface area contributed by atoms with Crippen molar-refractivity contribution in [2.75, 3.05) is 11.7 Å². The van der Waals surface area contributed by atoms with Gasteiger partial charge in [0.1, 0.15) is 10.8 Å². The summed E-state index contributed by atoms with van der Waals surface area (Å²) in [6, 6.07) is 7.11. The van der Waals surface area contributed by atoms with Gasteiger partial charge in [-0.1, -0.05) is 46.7 Å². The highest BCUT2D eigenvalue weighted by Gasteiger charge is 2.06. The van der Waals surface area contributed by atoms with E-state index in [-0.39, 0.29) is 0 Å². The maximum absolute atomic E-state index is 5.97. The SMILES string of the molecule is CSc1nc(NN)cc(Sc2cc(Cl)cc(Cl)c2)n1. The van der Waals surface area contributed by atoms with Gasteiger partial charge in [-0.15, -0.1) is 0 Å². The van der Waals surface area contributed by atoms with Crippen LogP contribution in [-0.4, -0.2) is 16.2 Å². The molecule has 4 nitrogen and oxygen atoms in total. The maximum Gasteiger partial charge on any atom is 0.190 e. The monoisotopic (exact) mass is 332 g/mol. The van der Waals surface area contributed by atoms with Crippen LogP contribution in [0.15, 0.2) is 39.3 Å². The molecule has 1 heterocycles. The van der Waals surface area contributed by atoms with Crippen LogP contribution in [-0.2, 0) is 0 Å².